The number of hydrogen-bond donors (Lipinski definition) is 1. The van der Waals surface area contributed by atoms with Gasteiger partial charge in [-0.3, -0.25) is 4.79 Å². The van der Waals surface area contributed by atoms with Crippen molar-refractivity contribution < 1.29 is 13.2 Å². The van der Waals surface area contributed by atoms with E-state index in [1.54, 1.807) is 6.07 Å². The van der Waals surface area contributed by atoms with Gasteiger partial charge in [-0.15, -0.1) is 0 Å². The van der Waals surface area contributed by atoms with Gasteiger partial charge in [-0.05, 0) is 24.0 Å². The molecule has 0 saturated carbocycles. The Morgan fingerprint density at radius 2 is 1.81 bits per heavy atom. The lowest BCUT2D eigenvalue weighted by Gasteiger charge is -2.14. The van der Waals surface area contributed by atoms with Gasteiger partial charge in [0.2, 0.25) is 5.91 Å². The molecule has 1 N–H and O–H groups in total. The average molecular weight is 308 g/mol. The zero-order valence-electron chi connectivity index (χ0n) is 12.3. The van der Waals surface area contributed by atoms with Crippen LogP contribution < -0.4 is 5.32 Å². The number of aryl methyl sites for hydroxylation is 2. The molecular formula is C15H20N2O3S. The topological polar surface area (TPSA) is 87.0 Å². The first kappa shape index (κ1) is 17.2. The van der Waals surface area contributed by atoms with E-state index in [2.05, 4.69) is 5.32 Å². The standard InChI is InChI=1S/C15H20N2O3S/c1-3-12-7-5-8-13(4-2)15(12)17-14(18)11-21(19,20)10-6-9-16/h5,7-8H,3-4,6,10-11H2,1-2H3,(H,17,18). The second kappa shape index (κ2) is 7.79. The highest BCUT2D eigenvalue weighted by Gasteiger charge is 2.18. The molecule has 1 aromatic rings. The van der Waals surface area contributed by atoms with Gasteiger partial charge in [0.1, 0.15) is 5.75 Å². The fourth-order valence-corrected chi connectivity index (χ4v) is 3.07. The summed E-state index contributed by atoms with van der Waals surface area (Å²) in [6.45, 7) is 3.96. The summed E-state index contributed by atoms with van der Waals surface area (Å²) in [6, 6.07) is 7.53. The van der Waals surface area contributed by atoms with Gasteiger partial charge >= 0.3 is 0 Å². The first-order valence-electron chi connectivity index (χ1n) is 6.91. The highest BCUT2D eigenvalue weighted by Crippen LogP contribution is 2.22. The smallest absolute Gasteiger partial charge is 0.239 e. The minimum absolute atomic E-state index is 0.0959. The number of carbonyl (C=O) groups is 1. The lowest BCUT2D eigenvalue weighted by atomic mass is 10.0. The van der Waals surface area contributed by atoms with Crippen LogP contribution in [0.3, 0.4) is 0 Å². The highest BCUT2D eigenvalue weighted by atomic mass is 32.2. The van der Waals surface area contributed by atoms with Crippen LogP contribution in [-0.4, -0.2) is 25.8 Å². The van der Waals surface area contributed by atoms with E-state index in [4.69, 9.17) is 5.26 Å². The quantitative estimate of drug-likeness (QED) is 0.835. The maximum absolute atomic E-state index is 12.0. The van der Waals surface area contributed by atoms with Crippen molar-refractivity contribution in [2.75, 3.05) is 16.8 Å². The summed E-state index contributed by atoms with van der Waals surface area (Å²) >= 11 is 0. The lowest BCUT2D eigenvalue weighted by molar-refractivity contribution is -0.113. The zero-order valence-corrected chi connectivity index (χ0v) is 13.2. The number of para-hydroxylation sites is 1. The molecule has 0 radical (unpaired) electrons. The van der Waals surface area contributed by atoms with Crippen LogP contribution in [0.4, 0.5) is 5.69 Å². The molecule has 1 rings (SSSR count). The van der Waals surface area contributed by atoms with Crippen molar-refractivity contribution in [3.8, 4) is 6.07 Å². The summed E-state index contributed by atoms with van der Waals surface area (Å²) in [5.74, 6) is -1.42. The van der Waals surface area contributed by atoms with Crippen molar-refractivity contribution >= 4 is 21.4 Å². The Morgan fingerprint density at radius 1 is 1.24 bits per heavy atom. The molecule has 0 saturated heterocycles. The van der Waals surface area contributed by atoms with Crippen LogP contribution in [0.5, 0.6) is 0 Å². The Labute approximate surface area is 125 Å². The third kappa shape index (κ3) is 5.20. The van der Waals surface area contributed by atoms with E-state index in [-0.39, 0.29) is 12.2 Å². The number of sulfone groups is 1. The third-order valence-electron chi connectivity index (χ3n) is 3.14. The number of nitrogens with zero attached hydrogens (tertiary/aromatic N) is 1. The molecule has 0 atom stereocenters. The molecule has 5 nitrogen and oxygen atoms in total. The molecule has 21 heavy (non-hydrogen) atoms. The number of nitriles is 1. The van der Waals surface area contributed by atoms with Crippen LogP contribution in [0.2, 0.25) is 0 Å². The van der Waals surface area contributed by atoms with Crippen molar-refractivity contribution in [2.45, 2.75) is 33.1 Å². The second-order valence-corrected chi connectivity index (χ2v) is 6.89. The number of nitrogens with one attached hydrogen (secondary N) is 1. The van der Waals surface area contributed by atoms with Crippen molar-refractivity contribution in [2.24, 2.45) is 0 Å². The monoisotopic (exact) mass is 308 g/mol. The van der Waals surface area contributed by atoms with Gasteiger partial charge in [0, 0.05) is 12.1 Å². The molecule has 1 amide bonds. The van der Waals surface area contributed by atoms with Crippen LogP contribution in [0.1, 0.15) is 31.4 Å². The molecule has 0 aliphatic heterocycles. The normalized spacial score (nSPS) is 10.9. The second-order valence-electron chi connectivity index (χ2n) is 4.71. The Bertz CT molecular complexity index is 623. The number of benzene rings is 1. The molecule has 114 valence electrons. The maximum atomic E-state index is 12.0. The van der Waals surface area contributed by atoms with Crippen LogP contribution in [0, 0.1) is 11.3 Å². The molecular weight excluding hydrogens is 288 g/mol. The zero-order chi connectivity index (χ0) is 15.9. The van der Waals surface area contributed by atoms with Crippen molar-refractivity contribution in [3.63, 3.8) is 0 Å². The third-order valence-corrected chi connectivity index (χ3v) is 4.67. The Hall–Kier alpha value is -1.87. The summed E-state index contributed by atoms with van der Waals surface area (Å²) in [4.78, 5) is 12.0. The van der Waals surface area contributed by atoms with Gasteiger partial charge in [-0.2, -0.15) is 5.26 Å². The van der Waals surface area contributed by atoms with Crippen molar-refractivity contribution in [1.82, 2.24) is 0 Å². The molecule has 0 heterocycles. The SMILES string of the molecule is CCc1cccc(CC)c1NC(=O)CS(=O)(=O)CCC#N. The largest absolute Gasteiger partial charge is 0.325 e. The van der Waals surface area contributed by atoms with E-state index in [1.807, 2.05) is 32.0 Å². The van der Waals surface area contributed by atoms with Gasteiger partial charge in [0.25, 0.3) is 0 Å². The molecule has 0 aliphatic rings. The molecule has 0 aliphatic carbocycles. The summed E-state index contributed by atoms with van der Waals surface area (Å²) in [7, 11) is -3.54. The van der Waals surface area contributed by atoms with Crippen molar-refractivity contribution in [1.29, 1.82) is 5.26 Å². The minimum atomic E-state index is -3.54. The molecule has 0 unspecified atom stereocenters. The summed E-state index contributed by atoms with van der Waals surface area (Å²) in [5, 5.41) is 11.1. The number of amides is 1. The molecule has 0 spiro atoms. The summed E-state index contributed by atoms with van der Waals surface area (Å²) in [5.41, 5.74) is 2.68. The van der Waals surface area contributed by atoms with Crippen molar-refractivity contribution in [3.05, 3.63) is 29.3 Å². The maximum Gasteiger partial charge on any atom is 0.239 e. The lowest BCUT2D eigenvalue weighted by Crippen LogP contribution is -2.25. The molecule has 0 aromatic heterocycles. The molecule has 1 aromatic carbocycles. The minimum Gasteiger partial charge on any atom is -0.325 e. The Kier molecular flexibility index (Phi) is 6.38. The van der Waals surface area contributed by atoms with E-state index in [1.165, 1.54) is 0 Å². The number of rotatable bonds is 7. The summed E-state index contributed by atoms with van der Waals surface area (Å²) in [6.07, 6.45) is 1.41. The van der Waals surface area contributed by atoms with Crippen LogP contribution in [0.25, 0.3) is 0 Å². The van der Waals surface area contributed by atoms with Crippen LogP contribution in [0.15, 0.2) is 18.2 Å². The Morgan fingerprint density at radius 3 is 2.29 bits per heavy atom. The molecule has 6 heteroatoms. The fraction of sp³-hybridized carbons (Fsp3) is 0.467. The molecule has 0 bridgehead atoms. The van der Waals surface area contributed by atoms with E-state index >= 15 is 0 Å². The fourth-order valence-electron chi connectivity index (χ4n) is 2.05. The highest BCUT2D eigenvalue weighted by molar-refractivity contribution is 7.92. The Balaban J connectivity index is 2.87. The first-order valence-corrected chi connectivity index (χ1v) is 8.73. The van der Waals surface area contributed by atoms with Crippen LogP contribution in [-0.2, 0) is 27.5 Å². The number of anilines is 1. The van der Waals surface area contributed by atoms with E-state index in [9.17, 15) is 13.2 Å². The van der Waals surface area contributed by atoms with E-state index in [0.29, 0.717) is 5.69 Å². The van der Waals surface area contributed by atoms with E-state index in [0.717, 1.165) is 24.0 Å². The first-order chi connectivity index (χ1) is 9.93. The molecule has 0 fully saturated rings. The number of hydrogen-bond acceptors (Lipinski definition) is 4. The van der Waals surface area contributed by atoms with E-state index < -0.39 is 21.5 Å². The predicted octanol–water partition coefficient (Wildman–Crippen LogP) is 2.08. The number of carbonyl (C=O) groups excluding carboxylic acids is 1. The van der Waals surface area contributed by atoms with Gasteiger partial charge in [-0.1, -0.05) is 32.0 Å². The van der Waals surface area contributed by atoms with Gasteiger partial charge in [0.05, 0.1) is 11.8 Å². The van der Waals surface area contributed by atoms with Gasteiger partial charge < -0.3 is 5.32 Å². The average Bonchev–Trinajstić information content (AvgIpc) is 2.44. The van der Waals surface area contributed by atoms with Gasteiger partial charge in [-0.25, -0.2) is 8.42 Å². The summed E-state index contributed by atoms with van der Waals surface area (Å²) < 4.78 is 23.4. The predicted molar refractivity (Wildman–Crippen MR) is 82.7 cm³/mol. The van der Waals surface area contributed by atoms with Gasteiger partial charge in [0.15, 0.2) is 9.84 Å². The van der Waals surface area contributed by atoms with Crippen LogP contribution >= 0.6 is 0 Å².